The number of aryl methyl sites for hydroxylation is 2. The average molecular weight is 432 g/mol. The molecule has 10 heteroatoms. The van der Waals surface area contributed by atoms with Gasteiger partial charge in [0.1, 0.15) is 6.61 Å². The average Bonchev–Trinajstić information content (AvgIpc) is 3.45. The summed E-state index contributed by atoms with van der Waals surface area (Å²) in [6, 6.07) is 1.55. The first-order valence-electron chi connectivity index (χ1n) is 10.3. The van der Waals surface area contributed by atoms with Crippen molar-refractivity contribution in [2.45, 2.75) is 56.0 Å². The standard InChI is InChI=1S/C20H25N5O4S/c1-21-14-10-25-19(29-11-14)17(9-22-25)30(27,28)24-20(26)23-18-15-6-2-4-12(15)8-13-5-3-7-16(13)18/h8-9,14,21H,2-7,10-11H2,1H3,(H2,23,24,26). The molecule has 2 aliphatic carbocycles. The Morgan fingerprint density at radius 3 is 2.53 bits per heavy atom. The van der Waals surface area contributed by atoms with E-state index in [-0.39, 0.29) is 16.8 Å². The predicted octanol–water partition coefficient (Wildman–Crippen LogP) is 1.35. The fourth-order valence-corrected chi connectivity index (χ4v) is 5.70. The molecule has 0 bridgehead atoms. The quantitative estimate of drug-likeness (QED) is 0.673. The second-order valence-corrected chi connectivity index (χ2v) is 9.74. The van der Waals surface area contributed by atoms with E-state index in [2.05, 4.69) is 26.5 Å². The van der Waals surface area contributed by atoms with Crippen LogP contribution in [0, 0.1) is 0 Å². The lowest BCUT2D eigenvalue weighted by Crippen LogP contribution is -2.40. The molecule has 1 aromatic carbocycles. The molecule has 9 nitrogen and oxygen atoms in total. The zero-order valence-electron chi connectivity index (χ0n) is 16.8. The van der Waals surface area contributed by atoms with E-state index in [0.29, 0.717) is 13.2 Å². The number of hydrogen-bond donors (Lipinski definition) is 3. The summed E-state index contributed by atoms with van der Waals surface area (Å²) in [7, 11) is -2.31. The van der Waals surface area contributed by atoms with E-state index >= 15 is 0 Å². The third kappa shape index (κ3) is 3.24. The molecular formula is C20H25N5O4S. The summed E-state index contributed by atoms with van der Waals surface area (Å²) in [4.78, 5) is 12.6. The van der Waals surface area contributed by atoms with Crippen molar-refractivity contribution in [3.63, 3.8) is 0 Å². The Kier molecular flexibility index (Phi) is 4.70. The monoisotopic (exact) mass is 431 g/mol. The van der Waals surface area contributed by atoms with Crippen molar-refractivity contribution in [1.82, 2.24) is 19.8 Å². The number of aromatic nitrogens is 2. The van der Waals surface area contributed by atoms with Crippen molar-refractivity contribution >= 4 is 21.7 Å². The topological polar surface area (TPSA) is 114 Å². The number of carbonyl (C=O) groups excluding carboxylic acids is 1. The van der Waals surface area contributed by atoms with Gasteiger partial charge in [0.15, 0.2) is 4.90 Å². The van der Waals surface area contributed by atoms with Crippen molar-refractivity contribution in [2.75, 3.05) is 19.0 Å². The van der Waals surface area contributed by atoms with E-state index in [9.17, 15) is 13.2 Å². The number of sulfonamides is 1. The van der Waals surface area contributed by atoms with Crippen LogP contribution in [-0.4, -0.2) is 43.9 Å². The molecule has 2 amide bonds. The highest BCUT2D eigenvalue weighted by Gasteiger charge is 2.31. The molecule has 1 atom stereocenters. The van der Waals surface area contributed by atoms with Crippen molar-refractivity contribution in [2.24, 2.45) is 0 Å². The van der Waals surface area contributed by atoms with E-state index in [1.54, 1.807) is 0 Å². The Morgan fingerprint density at radius 2 is 1.87 bits per heavy atom. The molecule has 0 saturated carbocycles. The fourth-order valence-electron chi connectivity index (χ4n) is 4.72. The molecule has 0 radical (unpaired) electrons. The van der Waals surface area contributed by atoms with Gasteiger partial charge in [0, 0.05) is 5.69 Å². The number of nitrogens with zero attached hydrogens (tertiary/aromatic N) is 2. The Hall–Kier alpha value is -2.59. The molecule has 2 aromatic rings. The zero-order chi connectivity index (χ0) is 20.9. The minimum absolute atomic E-state index is 0.0477. The minimum Gasteiger partial charge on any atom is -0.475 e. The summed E-state index contributed by atoms with van der Waals surface area (Å²) < 4.78 is 35.0. The zero-order valence-corrected chi connectivity index (χ0v) is 17.6. The predicted molar refractivity (Wildman–Crippen MR) is 110 cm³/mol. The van der Waals surface area contributed by atoms with Gasteiger partial charge in [0.2, 0.25) is 5.88 Å². The molecule has 3 aliphatic rings. The Balaban J connectivity index is 1.38. The SMILES string of the molecule is CNC1COc2c(S(=O)(=O)NC(=O)Nc3c4c(cc5c3CCC5)CCC4)cnn2C1. The first kappa shape index (κ1) is 19.4. The Bertz CT molecular complexity index is 1090. The number of anilines is 1. The van der Waals surface area contributed by atoms with E-state index in [1.165, 1.54) is 22.0 Å². The lowest BCUT2D eigenvalue weighted by atomic mass is 9.99. The summed E-state index contributed by atoms with van der Waals surface area (Å²) in [5, 5.41) is 10.0. The van der Waals surface area contributed by atoms with Gasteiger partial charge >= 0.3 is 6.03 Å². The molecule has 1 unspecified atom stereocenters. The molecule has 5 rings (SSSR count). The van der Waals surface area contributed by atoms with E-state index < -0.39 is 16.1 Å². The van der Waals surface area contributed by atoms with Gasteiger partial charge in [-0.25, -0.2) is 22.6 Å². The lowest BCUT2D eigenvalue weighted by Gasteiger charge is -2.24. The third-order valence-electron chi connectivity index (χ3n) is 6.21. The van der Waals surface area contributed by atoms with Crippen molar-refractivity contribution < 1.29 is 17.9 Å². The third-order valence-corrected chi connectivity index (χ3v) is 7.52. The molecule has 1 aromatic heterocycles. The minimum atomic E-state index is -4.12. The van der Waals surface area contributed by atoms with Crippen molar-refractivity contribution in [3.05, 3.63) is 34.5 Å². The van der Waals surface area contributed by atoms with Crippen LogP contribution in [0.4, 0.5) is 10.5 Å². The summed E-state index contributed by atoms with van der Waals surface area (Å²) >= 11 is 0. The van der Waals surface area contributed by atoms with Crippen LogP contribution in [0.1, 0.15) is 35.1 Å². The first-order valence-corrected chi connectivity index (χ1v) is 11.8. The molecule has 0 fully saturated rings. The van der Waals surface area contributed by atoms with Gasteiger partial charge in [-0.2, -0.15) is 5.10 Å². The number of likely N-dealkylation sites (N-methyl/N-ethyl adjacent to an activating group) is 1. The van der Waals surface area contributed by atoms with Crippen LogP contribution < -0.4 is 20.1 Å². The second-order valence-electron chi connectivity index (χ2n) is 8.09. The summed E-state index contributed by atoms with van der Waals surface area (Å²) in [5.74, 6) is 0.156. The number of ether oxygens (including phenoxy) is 1. The molecule has 1 aliphatic heterocycles. The number of carbonyl (C=O) groups is 1. The fraction of sp³-hybridized carbons (Fsp3) is 0.500. The van der Waals surface area contributed by atoms with E-state index in [0.717, 1.165) is 55.3 Å². The van der Waals surface area contributed by atoms with Gasteiger partial charge < -0.3 is 15.4 Å². The maximum Gasteiger partial charge on any atom is 0.333 e. The number of benzene rings is 1. The molecule has 0 saturated heterocycles. The van der Waals surface area contributed by atoms with Crippen molar-refractivity contribution in [1.29, 1.82) is 0 Å². The van der Waals surface area contributed by atoms with Gasteiger partial charge in [-0.3, -0.25) is 0 Å². The van der Waals surface area contributed by atoms with Crippen LogP contribution in [0.25, 0.3) is 0 Å². The number of fused-ring (bicyclic) bond motifs is 3. The van der Waals surface area contributed by atoms with Gasteiger partial charge in [0.05, 0.1) is 18.8 Å². The Morgan fingerprint density at radius 1 is 1.17 bits per heavy atom. The number of amides is 2. The maximum atomic E-state index is 12.9. The second kappa shape index (κ2) is 7.28. The van der Waals surface area contributed by atoms with Crippen LogP contribution >= 0.6 is 0 Å². The summed E-state index contributed by atoms with van der Waals surface area (Å²) in [6.07, 6.45) is 7.15. The van der Waals surface area contributed by atoms with Crippen LogP contribution in [0.5, 0.6) is 5.88 Å². The molecular weight excluding hydrogens is 406 g/mol. The molecule has 30 heavy (non-hydrogen) atoms. The van der Waals surface area contributed by atoms with E-state index in [1.807, 2.05) is 7.05 Å². The summed E-state index contributed by atoms with van der Waals surface area (Å²) in [5.41, 5.74) is 5.63. The number of nitrogens with one attached hydrogen (secondary N) is 3. The number of urea groups is 1. The van der Waals surface area contributed by atoms with E-state index in [4.69, 9.17) is 4.74 Å². The molecule has 160 valence electrons. The highest BCUT2D eigenvalue weighted by Crippen LogP contribution is 2.38. The molecule has 2 heterocycles. The number of rotatable bonds is 4. The summed E-state index contributed by atoms with van der Waals surface area (Å²) in [6.45, 7) is 0.828. The Labute approximate surface area is 175 Å². The first-order chi connectivity index (χ1) is 14.5. The van der Waals surface area contributed by atoms with Crippen molar-refractivity contribution in [3.8, 4) is 5.88 Å². The maximum absolute atomic E-state index is 12.9. The van der Waals surface area contributed by atoms with Gasteiger partial charge in [0.25, 0.3) is 10.0 Å². The highest BCUT2D eigenvalue weighted by atomic mass is 32.2. The van der Waals surface area contributed by atoms with Crippen LogP contribution in [0.2, 0.25) is 0 Å². The molecule has 0 spiro atoms. The lowest BCUT2D eigenvalue weighted by molar-refractivity contribution is 0.184. The van der Waals surface area contributed by atoms with Gasteiger partial charge in [-0.05, 0) is 67.8 Å². The van der Waals surface area contributed by atoms with Crippen LogP contribution in [-0.2, 0) is 42.3 Å². The largest absolute Gasteiger partial charge is 0.475 e. The smallest absolute Gasteiger partial charge is 0.333 e. The number of hydrogen-bond acceptors (Lipinski definition) is 6. The normalized spacial score (nSPS) is 19.6. The van der Waals surface area contributed by atoms with Crippen LogP contribution in [0.15, 0.2) is 17.2 Å². The molecule has 3 N–H and O–H groups in total. The van der Waals surface area contributed by atoms with Crippen LogP contribution in [0.3, 0.4) is 0 Å². The van der Waals surface area contributed by atoms with Gasteiger partial charge in [-0.1, -0.05) is 6.07 Å². The van der Waals surface area contributed by atoms with Gasteiger partial charge in [-0.15, -0.1) is 0 Å². The highest BCUT2D eigenvalue weighted by molar-refractivity contribution is 7.90.